The van der Waals surface area contributed by atoms with E-state index in [-0.39, 0.29) is 11.4 Å². The molecule has 0 aromatic heterocycles. The molecular formula is C12H22N2O3. The molecule has 0 aromatic carbocycles. The monoisotopic (exact) mass is 242 g/mol. The predicted octanol–water partition coefficient (Wildman–Crippen LogP) is 0.132. The maximum Gasteiger partial charge on any atom is 0.243 e. The Hall–Kier alpha value is -0.650. The van der Waals surface area contributed by atoms with Crippen LogP contribution in [0.4, 0.5) is 0 Å². The fourth-order valence-corrected chi connectivity index (χ4v) is 2.45. The SMILES string of the molecule is CC1(C)COCCN1C(=O)C1(N)CCOCC1. The number of carbonyl (C=O) groups is 1. The van der Waals surface area contributed by atoms with Crippen molar-refractivity contribution in [1.82, 2.24) is 4.90 Å². The molecule has 2 N–H and O–H groups in total. The molecule has 2 aliphatic rings. The van der Waals surface area contributed by atoms with E-state index in [1.807, 2.05) is 18.7 Å². The van der Waals surface area contributed by atoms with Gasteiger partial charge in [0.1, 0.15) is 0 Å². The van der Waals surface area contributed by atoms with Gasteiger partial charge in [-0.3, -0.25) is 4.79 Å². The maximum absolute atomic E-state index is 12.6. The Morgan fingerprint density at radius 3 is 2.41 bits per heavy atom. The normalized spacial score (nSPS) is 27.8. The summed E-state index contributed by atoms with van der Waals surface area (Å²) >= 11 is 0. The zero-order valence-corrected chi connectivity index (χ0v) is 10.7. The first-order chi connectivity index (χ1) is 7.96. The van der Waals surface area contributed by atoms with E-state index in [2.05, 4.69) is 0 Å². The van der Waals surface area contributed by atoms with Crippen LogP contribution in [0.15, 0.2) is 0 Å². The van der Waals surface area contributed by atoms with Crippen molar-refractivity contribution in [3.8, 4) is 0 Å². The number of morpholine rings is 1. The molecule has 5 nitrogen and oxygen atoms in total. The van der Waals surface area contributed by atoms with Crippen LogP contribution in [0.5, 0.6) is 0 Å². The van der Waals surface area contributed by atoms with Crippen LogP contribution in [-0.2, 0) is 14.3 Å². The van der Waals surface area contributed by atoms with Crippen LogP contribution in [0.25, 0.3) is 0 Å². The number of nitrogens with two attached hydrogens (primary N) is 1. The highest BCUT2D eigenvalue weighted by Crippen LogP contribution is 2.26. The smallest absolute Gasteiger partial charge is 0.243 e. The van der Waals surface area contributed by atoms with Crippen molar-refractivity contribution >= 4 is 5.91 Å². The quantitative estimate of drug-likeness (QED) is 0.710. The van der Waals surface area contributed by atoms with E-state index >= 15 is 0 Å². The summed E-state index contributed by atoms with van der Waals surface area (Å²) in [5.41, 5.74) is 5.24. The average molecular weight is 242 g/mol. The molecule has 1 amide bonds. The molecule has 2 heterocycles. The van der Waals surface area contributed by atoms with E-state index in [1.54, 1.807) is 0 Å². The Morgan fingerprint density at radius 2 is 1.82 bits per heavy atom. The van der Waals surface area contributed by atoms with Gasteiger partial charge in [-0.05, 0) is 26.7 Å². The van der Waals surface area contributed by atoms with Crippen molar-refractivity contribution in [3.05, 3.63) is 0 Å². The Balaban J connectivity index is 2.12. The number of nitrogens with zero attached hydrogens (tertiary/aromatic N) is 1. The summed E-state index contributed by atoms with van der Waals surface area (Å²) in [6, 6.07) is 0. The second kappa shape index (κ2) is 4.55. The summed E-state index contributed by atoms with van der Waals surface area (Å²) in [4.78, 5) is 14.5. The lowest BCUT2D eigenvalue weighted by molar-refractivity contribution is -0.155. The second-order valence-electron chi connectivity index (χ2n) is 5.59. The largest absolute Gasteiger partial charge is 0.381 e. The standard InChI is InChI=1S/C12H22N2O3/c1-11(2)9-17-8-5-14(11)10(15)12(13)3-6-16-7-4-12/h3-9,13H2,1-2H3. The van der Waals surface area contributed by atoms with Crippen LogP contribution in [0.2, 0.25) is 0 Å². The van der Waals surface area contributed by atoms with Crippen molar-refractivity contribution in [2.45, 2.75) is 37.8 Å². The minimum absolute atomic E-state index is 0.0501. The van der Waals surface area contributed by atoms with Crippen LogP contribution < -0.4 is 5.73 Å². The lowest BCUT2D eigenvalue weighted by atomic mass is 9.87. The fraction of sp³-hybridized carbons (Fsp3) is 0.917. The first-order valence-corrected chi connectivity index (χ1v) is 6.22. The van der Waals surface area contributed by atoms with Crippen LogP contribution in [0.1, 0.15) is 26.7 Å². The number of rotatable bonds is 1. The van der Waals surface area contributed by atoms with Crippen molar-refractivity contribution in [2.75, 3.05) is 33.0 Å². The van der Waals surface area contributed by atoms with Crippen molar-refractivity contribution in [2.24, 2.45) is 5.73 Å². The minimum atomic E-state index is -0.743. The average Bonchev–Trinajstić information content (AvgIpc) is 2.28. The van der Waals surface area contributed by atoms with Crippen LogP contribution >= 0.6 is 0 Å². The van der Waals surface area contributed by atoms with Gasteiger partial charge >= 0.3 is 0 Å². The molecule has 0 atom stereocenters. The molecule has 0 aromatic rings. The molecule has 5 heteroatoms. The number of hydrogen-bond acceptors (Lipinski definition) is 4. The Labute approximate surface area is 102 Å². The number of amides is 1. The van der Waals surface area contributed by atoms with E-state index in [4.69, 9.17) is 15.2 Å². The topological polar surface area (TPSA) is 64.8 Å². The molecule has 0 radical (unpaired) electrons. The van der Waals surface area contributed by atoms with Gasteiger partial charge in [0.25, 0.3) is 0 Å². The molecule has 17 heavy (non-hydrogen) atoms. The maximum atomic E-state index is 12.6. The van der Waals surface area contributed by atoms with Crippen LogP contribution in [0, 0.1) is 0 Å². The third-order valence-corrected chi connectivity index (χ3v) is 3.70. The van der Waals surface area contributed by atoms with Crippen LogP contribution in [-0.4, -0.2) is 54.9 Å². The van der Waals surface area contributed by atoms with E-state index in [0.29, 0.717) is 45.8 Å². The van der Waals surface area contributed by atoms with Gasteiger partial charge in [0.2, 0.25) is 5.91 Å². The summed E-state index contributed by atoms with van der Waals surface area (Å²) < 4.78 is 10.7. The lowest BCUT2D eigenvalue weighted by Crippen LogP contribution is -2.65. The number of carbonyl (C=O) groups excluding carboxylic acids is 1. The van der Waals surface area contributed by atoms with Gasteiger partial charge in [-0.2, -0.15) is 0 Å². The molecule has 2 fully saturated rings. The molecule has 0 unspecified atom stereocenters. The Morgan fingerprint density at radius 1 is 1.18 bits per heavy atom. The minimum Gasteiger partial charge on any atom is -0.381 e. The zero-order valence-electron chi connectivity index (χ0n) is 10.7. The summed E-state index contributed by atoms with van der Waals surface area (Å²) in [7, 11) is 0. The molecule has 0 aliphatic carbocycles. The van der Waals surface area contributed by atoms with Crippen LogP contribution in [0.3, 0.4) is 0 Å². The molecule has 0 bridgehead atoms. The third kappa shape index (κ3) is 2.46. The third-order valence-electron chi connectivity index (χ3n) is 3.70. The Bertz CT molecular complexity index is 298. The molecule has 2 aliphatic heterocycles. The van der Waals surface area contributed by atoms with Crippen molar-refractivity contribution < 1.29 is 14.3 Å². The summed E-state index contributed by atoms with van der Waals surface area (Å²) in [5.74, 6) is 0.0501. The summed E-state index contributed by atoms with van der Waals surface area (Å²) in [5, 5.41) is 0. The Kier molecular flexibility index (Phi) is 3.43. The highest BCUT2D eigenvalue weighted by atomic mass is 16.5. The van der Waals surface area contributed by atoms with Gasteiger partial charge in [-0.25, -0.2) is 0 Å². The first kappa shape index (κ1) is 12.8. The number of ether oxygens (including phenoxy) is 2. The number of hydrogen-bond donors (Lipinski definition) is 1. The lowest BCUT2D eigenvalue weighted by Gasteiger charge is -2.46. The predicted molar refractivity (Wildman–Crippen MR) is 63.6 cm³/mol. The van der Waals surface area contributed by atoms with Gasteiger partial charge < -0.3 is 20.1 Å². The molecule has 2 rings (SSSR count). The summed E-state index contributed by atoms with van der Waals surface area (Å²) in [6.45, 7) is 7.00. The van der Waals surface area contributed by atoms with Gasteiger partial charge in [-0.1, -0.05) is 0 Å². The highest BCUT2D eigenvalue weighted by molar-refractivity contribution is 5.87. The zero-order chi connectivity index (χ0) is 12.5. The molecular weight excluding hydrogens is 220 g/mol. The van der Waals surface area contributed by atoms with E-state index < -0.39 is 5.54 Å². The van der Waals surface area contributed by atoms with Gasteiger partial charge in [0.15, 0.2) is 0 Å². The van der Waals surface area contributed by atoms with Gasteiger partial charge in [0.05, 0.1) is 24.3 Å². The fourth-order valence-electron chi connectivity index (χ4n) is 2.45. The molecule has 98 valence electrons. The molecule has 0 spiro atoms. The van der Waals surface area contributed by atoms with Crippen molar-refractivity contribution in [3.63, 3.8) is 0 Å². The van der Waals surface area contributed by atoms with Gasteiger partial charge in [-0.15, -0.1) is 0 Å². The first-order valence-electron chi connectivity index (χ1n) is 6.22. The molecule has 0 saturated carbocycles. The van der Waals surface area contributed by atoms with Crippen molar-refractivity contribution in [1.29, 1.82) is 0 Å². The molecule has 2 saturated heterocycles. The second-order valence-corrected chi connectivity index (χ2v) is 5.59. The van der Waals surface area contributed by atoms with E-state index in [0.717, 1.165) is 0 Å². The summed E-state index contributed by atoms with van der Waals surface area (Å²) in [6.07, 6.45) is 1.22. The van der Waals surface area contributed by atoms with E-state index in [9.17, 15) is 4.79 Å². The highest BCUT2D eigenvalue weighted by Gasteiger charge is 2.44. The van der Waals surface area contributed by atoms with Gasteiger partial charge in [0, 0.05) is 19.8 Å². The van der Waals surface area contributed by atoms with E-state index in [1.165, 1.54) is 0 Å².